The number of hydrogen-bond acceptors (Lipinski definition) is 3. The van der Waals surface area contributed by atoms with Gasteiger partial charge in [0.2, 0.25) is 5.91 Å². The summed E-state index contributed by atoms with van der Waals surface area (Å²) in [6.07, 6.45) is 0. The zero-order valence-corrected chi connectivity index (χ0v) is 13.5. The second-order valence-electron chi connectivity index (χ2n) is 5.16. The van der Waals surface area contributed by atoms with Crippen LogP contribution < -0.4 is 5.32 Å². The Morgan fingerprint density at radius 3 is 2.82 bits per heavy atom. The van der Waals surface area contributed by atoms with Crippen LogP contribution in [0.5, 0.6) is 0 Å². The topological polar surface area (TPSA) is 46.2 Å². The lowest BCUT2D eigenvalue weighted by Gasteiger charge is -2.06. The molecule has 0 aromatic heterocycles. The Morgan fingerprint density at radius 1 is 1.27 bits per heavy atom. The molecule has 0 spiro atoms. The van der Waals surface area contributed by atoms with Crippen molar-refractivity contribution in [1.29, 1.82) is 0 Å². The maximum atomic E-state index is 12.3. The second-order valence-corrected chi connectivity index (χ2v) is 6.58. The van der Waals surface area contributed by atoms with Gasteiger partial charge in [0.1, 0.15) is 0 Å². The number of anilines is 1. The lowest BCUT2D eigenvalue weighted by atomic mass is 9.99. The van der Waals surface area contributed by atoms with Gasteiger partial charge in [0.05, 0.1) is 16.7 Å². The molecule has 22 heavy (non-hydrogen) atoms. The van der Waals surface area contributed by atoms with E-state index in [0.29, 0.717) is 16.3 Å². The molecule has 2 aromatic rings. The number of thioether (sulfide) groups is 1. The van der Waals surface area contributed by atoms with Crippen molar-refractivity contribution in [3.05, 3.63) is 58.6 Å². The number of benzene rings is 2. The van der Waals surface area contributed by atoms with Gasteiger partial charge in [-0.3, -0.25) is 9.59 Å². The molecule has 1 heterocycles. The van der Waals surface area contributed by atoms with Gasteiger partial charge in [0.25, 0.3) is 0 Å². The van der Waals surface area contributed by atoms with Crippen LogP contribution in [0.25, 0.3) is 0 Å². The lowest BCUT2D eigenvalue weighted by molar-refractivity contribution is -0.116. The molecule has 1 N–H and O–H groups in total. The molecule has 3 nitrogen and oxygen atoms in total. The predicted molar refractivity (Wildman–Crippen MR) is 90.0 cm³/mol. The van der Waals surface area contributed by atoms with Gasteiger partial charge in [0, 0.05) is 16.1 Å². The van der Waals surface area contributed by atoms with Crippen LogP contribution in [0.2, 0.25) is 5.02 Å². The third-order valence-electron chi connectivity index (χ3n) is 3.69. The fraction of sp³-hybridized carbons (Fsp3) is 0.176. The first kappa shape index (κ1) is 15.1. The van der Waals surface area contributed by atoms with Crippen LogP contribution in [0.15, 0.2) is 47.4 Å². The predicted octanol–water partition coefficient (Wildman–Crippen LogP) is 4.37. The molecule has 1 atom stereocenters. The third-order valence-corrected chi connectivity index (χ3v) is 5.20. The van der Waals surface area contributed by atoms with Crippen molar-refractivity contribution < 1.29 is 9.59 Å². The van der Waals surface area contributed by atoms with Crippen molar-refractivity contribution in [2.24, 2.45) is 0 Å². The Kier molecular flexibility index (Phi) is 4.23. The summed E-state index contributed by atoms with van der Waals surface area (Å²) in [5, 5.41) is 3.46. The zero-order chi connectivity index (χ0) is 15.7. The van der Waals surface area contributed by atoms with E-state index in [1.165, 1.54) is 11.8 Å². The van der Waals surface area contributed by atoms with Crippen LogP contribution in [0, 0.1) is 0 Å². The first-order valence-electron chi connectivity index (χ1n) is 6.91. The van der Waals surface area contributed by atoms with Crippen LogP contribution in [0.4, 0.5) is 5.69 Å². The first-order valence-corrected chi connectivity index (χ1v) is 8.28. The molecule has 0 saturated carbocycles. The van der Waals surface area contributed by atoms with E-state index in [2.05, 4.69) is 5.32 Å². The number of carbonyl (C=O) groups is 2. The Balaban J connectivity index is 1.74. The molecular weight excluding hydrogens is 318 g/mol. The van der Waals surface area contributed by atoms with Crippen molar-refractivity contribution in [3.8, 4) is 0 Å². The molecule has 1 aliphatic rings. The molecule has 1 amide bonds. The summed E-state index contributed by atoms with van der Waals surface area (Å²) in [5.74, 6) is 0.112. The van der Waals surface area contributed by atoms with Crippen molar-refractivity contribution in [2.75, 3.05) is 11.1 Å². The van der Waals surface area contributed by atoms with Crippen LogP contribution in [0.1, 0.15) is 28.8 Å². The van der Waals surface area contributed by atoms with E-state index in [1.54, 1.807) is 12.1 Å². The summed E-state index contributed by atoms with van der Waals surface area (Å²) in [6, 6.07) is 12.8. The smallest absolute Gasteiger partial charge is 0.231 e. The minimum Gasteiger partial charge on any atom is -0.325 e. The van der Waals surface area contributed by atoms with E-state index in [9.17, 15) is 9.59 Å². The number of hydrogen-bond donors (Lipinski definition) is 1. The van der Waals surface area contributed by atoms with Gasteiger partial charge in [-0.05, 0) is 42.8 Å². The van der Waals surface area contributed by atoms with Crippen LogP contribution in [-0.2, 0) is 4.79 Å². The molecule has 5 heteroatoms. The summed E-state index contributed by atoms with van der Waals surface area (Å²) >= 11 is 7.51. The molecule has 0 fully saturated rings. The van der Waals surface area contributed by atoms with Crippen LogP contribution in [-0.4, -0.2) is 17.4 Å². The van der Waals surface area contributed by atoms with Crippen molar-refractivity contribution in [2.45, 2.75) is 17.7 Å². The highest BCUT2D eigenvalue weighted by Crippen LogP contribution is 2.33. The van der Waals surface area contributed by atoms with Gasteiger partial charge >= 0.3 is 0 Å². The number of nitrogens with one attached hydrogen (secondary N) is 1. The molecular formula is C17H14ClNO2S. The second kappa shape index (κ2) is 6.15. The maximum Gasteiger partial charge on any atom is 0.231 e. The summed E-state index contributed by atoms with van der Waals surface area (Å²) in [7, 11) is 0. The van der Waals surface area contributed by atoms with E-state index < -0.39 is 0 Å². The van der Waals surface area contributed by atoms with E-state index in [0.717, 1.165) is 16.1 Å². The average Bonchev–Trinajstić information content (AvgIpc) is 2.81. The molecule has 2 aromatic carbocycles. The monoisotopic (exact) mass is 331 g/mol. The number of carbonyl (C=O) groups excluding carboxylic acids is 2. The summed E-state index contributed by atoms with van der Waals surface area (Å²) in [4.78, 5) is 24.9. The number of halogens is 1. The number of ketones is 1. The molecule has 0 bridgehead atoms. The van der Waals surface area contributed by atoms with E-state index in [-0.39, 0.29) is 17.6 Å². The third kappa shape index (κ3) is 2.89. The Bertz CT molecular complexity index is 760. The molecule has 1 aliphatic heterocycles. The van der Waals surface area contributed by atoms with Gasteiger partial charge in [0.15, 0.2) is 5.78 Å². The van der Waals surface area contributed by atoms with E-state index in [1.807, 2.05) is 37.3 Å². The van der Waals surface area contributed by atoms with Crippen molar-refractivity contribution in [1.82, 2.24) is 0 Å². The van der Waals surface area contributed by atoms with Crippen LogP contribution >= 0.6 is 23.4 Å². The van der Waals surface area contributed by atoms with Crippen molar-refractivity contribution in [3.63, 3.8) is 0 Å². The lowest BCUT2D eigenvalue weighted by Crippen LogP contribution is -2.08. The summed E-state index contributed by atoms with van der Waals surface area (Å²) in [6.45, 7) is 1.84. The van der Waals surface area contributed by atoms with Gasteiger partial charge in [-0.25, -0.2) is 0 Å². The molecule has 0 radical (unpaired) electrons. The quantitative estimate of drug-likeness (QED) is 0.668. The highest BCUT2D eigenvalue weighted by atomic mass is 35.5. The number of rotatable bonds is 4. The normalized spacial score (nSPS) is 16.3. The molecule has 112 valence electrons. The van der Waals surface area contributed by atoms with Crippen molar-refractivity contribution >= 4 is 40.7 Å². The fourth-order valence-corrected chi connectivity index (χ4v) is 3.51. The van der Waals surface area contributed by atoms with Crippen LogP contribution in [0.3, 0.4) is 0 Å². The SMILES string of the molecule is C[C@@H]1C(=O)Nc2ccc(C(=O)CSc3ccccc3Cl)cc21. The number of fused-ring (bicyclic) bond motifs is 1. The Hall–Kier alpha value is -1.78. The average molecular weight is 332 g/mol. The minimum absolute atomic E-state index is 0.0231. The zero-order valence-electron chi connectivity index (χ0n) is 11.9. The Labute approximate surface area is 138 Å². The molecule has 3 rings (SSSR count). The van der Waals surface area contributed by atoms with Gasteiger partial charge < -0.3 is 5.32 Å². The summed E-state index contributed by atoms with van der Waals surface area (Å²) in [5.41, 5.74) is 2.31. The standard InChI is InChI=1S/C17H14ClNO2S/c1-10-12-8-11(6-7-14(12)19-17(10)21)15(20)9-22-16-5-3-2-4-13(16)18/h2-8,10H,9H2,1H3,(H,19,21)/t10-/m0/s1. The largest absolute Gasteiger partial charge is 0.325 e. The summed E-state index contributed by atoms with van der Waals surface area (Å²) < 4.78 is 0. The fourth-order valence-electron chi connectivity index (χ4n) is 2.38. The molecule has 0 aliphatic carbocycles. The number of amides is 1. The van der Waals surface area contributed by atoms with E-state index in [4.69, 9.17) is 11.6 Å². The highest BCUT2D eigenvalue weighted by molar-refractivity contribution is 8.00. The Morgan fingerprint density at radius 2 is 2.05 bits per heavy atom. The molecule has 0 saturated heterocycles. The van der Waals surface area contributed by atoms with E-state index >= 15 is 0 Å². The van der Waals surface area contributed by atoms with Gasteiger partial charge in [-0.2, -0.15) is 0 Å². The maximum absolute atomic E-state index is 12.3. The minimum atomic E-state index is -0.209. The number of Topliss-reactive ketones (excluding diaryl/α,β-unsaturated/α-hetero) is 1. The first-order chi connectivity index (χ1) is 10.6. The van der Waals surface area contributed by atoms with Gasteiger partial charge in [-0.1, -0.05) is 23.7 Å². The molecule has 0 unspecified atom stereocenters. The van der Waals surface area contributed by atoms with Gasteiger partial charge in [-0.15, -0.1) is 11.8 Å². The highest BCUT2D eigenvalue weighted by Gasteiger charge is 2.27.